The third-order valence-corrected chi connectivity index (χ3v) is 7.41. The summed E-state index contributed by atoms with van der Waals surface area (Å²) in [6, 6.07) is 13.9. The number of ether oxygens (including phenoxy) is 2. The maximum atomic E-state index is 13.9. The number of rotatable bonds is 6. The smallest absolute Gasteiger partial charge is 0.254 e. The van der Waals surface area contributed by atoms with Crippen molar-refractivity contribution >= 4 is 22.7 Å². The van der Waals surface area contributed by atoms with Crippen molar-refractivity contribution in [1.82, 2.24) is 14.8 Å². The minimum Gasteiger partial charge on any atom is -0.493 e. The molecule has 178 valence electrons. The number of unbranched alkanes of at least 4 members (excludes halogenated alkanes) is 1. The minimum atomic E-state index is -1.08. The van der Waals surface area contributed by atoms with E-state index in [0.29, 0.717) is 24.6 Å². The first-order valence-electron chi connectivity index (χ1n) is 11.9. The van der Waals surface area contributed by atoms with Crippen LogP contribution in [0.3, 0.4) is 0 Å². The third-order valence-electron chi connectivity index (χ3n) is 7.41. The van der Waals surface area contributed by atoms with Gasteiger partial charge in [0.15, 0.2) is 17.0 Å². The van der Waals surface area contributed by atoms with Gasteiger partial charge in [-0.15, -0.1) is 0 Å². The lowest BCUT2D eigenvalue weighted by Gasteiger charge is -2.51. The molecule has 1 saturated heterocycles. The first-order valence-corrected chi connectivity index (χ1v) is 11.9. The third kappa shape index (κ3) is 3.10. The molecule has 1 fully saturated rings. The van der Waals surface area contributed by atoms with E-state index in [1.807, 2.05) is 43.3 Å². The Hall–Kier alpha value is -3.48. The number of carbonyl (C=O) groups excluding carboxylic acids is 2. The lowest BCUT2D eigenvalue weighted by Crippen LogP contribution is -2.67. The highest BCUT2D eigenvalue weighted by Crippen LogP contribution is 2.50. The van der Waals surface area contributed by atoms with Gasteiger partial charge in [0.1, 0.15) is 0 Å². The zero-order chi connectivity index (χ0) is 24.0. The highest BCUT2D eigenvalue weighted by molar-refractivity contribution is 6.01. The van der Waals surface area contributed by atoms with Crippen LogP contribution < -0.4 is 9.47 Å². The van der Waals surface area contributed by atoms with Crippen molar-refractivity contribution in [3.8, 4) is 11.5 Å². The van der Waals surface area contributed by atoms with Crippen LogP contribution in [0.5, 0.6) is 11.5 Å². The molecule has 1 N–H and O–H groups in total. The summed E-state index contributed by atoms with van der Waals surface area (Å²) < 4.78 is 11.3. The summed E-state index contributed by atoms with van der Waals surface area (Å²) in [4.78, 5) is 34.4. The topological polar surface area (TPSA) is 74.9 Å². The zero-order valence-electron chi connectivity index (χ0n) is 20.2. The van der Waals surface area contributed by atoms with Crippen molar-refractivity contribution in [2.24, 2.45) is 0 Å². The van der Waals surface area contributed by atoms with Gasteiger partial charge in [-0.05, 0) is 31.0 Å². The van der Waals surface area contributed by atoms with E-state index >= 15 is 0 Å². The molecule has 2 amide bonds. The van der Waals surface area contributed by atoms with Crippen LogP contribution in [0.1, 0.15) is 49.4 Å². The highest BCUT2D eigenvalue weighted by atomic mass is 16.5. The van der Waals surface area contributed by atoms with Crippen molar-refractivity contribution in [2.45, 2.75) is 38.1 Å². The van der Waals surface area contributed by atoms with Gasteiger partial charge in [0.25, 0.3) is 5.91 Å². The van der Waals surface area contributed by atoms with Gasteiger partial charge >= 0.3 is 0 Å². The van der Waals surface area contributed by atoms with Crippen LogP contribution in [0.25, 0.3) is 10.9 Å². The number of H-pyrrole nitrogens is 1. The number of benzene rings is 2. The van der Waals surface area contributed by atoms with Crippen LogP contribution in [0.2, 0.25) is 0 Å². The van der Waals surface area contributed by atoms with Gasteiger partial charge in [0.05, 0.1) is 26.5 Å². The van der Waals surface area contributed by atoms with E-state index in [0.717, 1.165) is 40.6 Å². The molecule has 3 heterocycles. The Morgan fingerprint density at radius 2 is 1.88 bits per heavy atom. The Morgan fingerprint density at radius 1 is 1.09 bits per heavy atom. The van der Waals surface area contributed by atoms with Gasteiger partial charge in [-0.25, -0.2) is 0 Å². The van der Waals surface area contributed by atoms with E-state index in [4.69, 9.17) is 9.47 Å². The van der Waals surface area contributed by atoms with E-state index in [1.54, 1.807) is 24.0 Å². The number of hydrogen-bond donors (Lipinski definition) is 1. The minimum absolute atomic E-state index is 0.0237. The molecule has 2 aliphatic heterocycles. The molecule has 34 heavy (non-hydrogen) atoms. The molecule has 2 atom stereocenters. The average molecular weight is 462 g/mol. The fourth-order valence-electron chi connectivity index (χ4n) is 5.67. The van der Waals surface area contributed by atoms with Gasteiger partial charge in [-0.3, -0.25) is 9.59 Å². The van der Waals surface area contributed by atoms with Gasteiger partial charge < -0.3 is 24.3 Å². The molecule has 7 heteroatoms. The van der Waals surface area contributed by atoms with Crippen LogP contribution in [0.4, 0.5) is 0 Å². The monoisotopic (exact) mass is 461 g/mol. The van der Waals surface area contributed by atoms with E-state index in [2.05, 4.69) is 18.0 Å². The van der Waals surface area contributed by atoms with E-state index in [1.165, 1.54) is 0 Å². The number of para-hydroxylation sites is 2. The van der Waals surface area contributed by atoms with E-state index < -0.39 is 5.54 Å². The first kappa shape index (κ1) is 22.3. The number of amides is 2. The number of aromatic nitrogens is 1. The number of nitrogens with one attached hydrogen (secondary N) is 1. The predicted octanol–water partition coefficient (Wildman–Crippen LogP) is 4.02. The van der Waals surface area contributed by atoms with Gasteiger partial charge in [-0.2, -0.15) is 0 Å². The molecule has 0 radical (unpaired) electrons. The Kier molecular flexibility index (Phi) is 5.50. The summed E-state index contributed by atoms with van der Waals surface area (Å²) in [6.45, 7) is 5.07. The van der Waals surface area contributed by atoms with Crippen molar-refractivity contribution in [1.29, 1.82) is 0 Å². The lowest BCUT2D eigenvalue weighted by atomic mass is 9.76. The number of piperazine rings is 1. The Labute approximate surface area is 199 Å². The van der Waals surface area contributed by atoms with Gasteiger partial charge in [-0.1, -0.05) is 43.7 Å². The quantitative estimate of drug-likeness (QED) is 0.602. The van der Waals surface area contributed by atoms with E-state index in [-0.39, 0.29) is 24.3 Å². The Bertz CT molecular complexity index is 1270. The molecule has 7 nitrogen and oxygen atoms in total. The molecule has 0 spiro atoms. The maximum Gasteiger partial charge on any atom is 0.254 e. The Morgan fingerprint density at radius 3 is 2.62 bits per heavy atom. The average Bonchev–Trinajstić information content (AvgIpc) is 3.26. The summed E-state index contributed by atoms with van der Waals surface area (Å²) in [6.07, 6.45) is 1.84. The molecular formula is C27H31N3O4. The summed E-state index contributed by atoms with van der Waals surface area (Å²) in [7, 11) is 3.25. The van der Waals surface area contributed by atoms with Crippen LogP contribution >= 0.6 is 0 Å². The molecule has 0 bridgehead atoms. The highest BCUT2D eigenvalue weighted by Gasteiger charge is 2.56. The first-order chi connectivity index (χ1) is 16.4. The number of methoxy groups -OCH3 is 2. The van der Waals surface area contributed by atoms with Crippen LogP contribution in [-0.2, 0) is 15.1 Å². The zero-order valence-corrected chi connectivity index (χ0v) is 20.2. The van der Waals surface area contributed by atoms with Gasteiger partial charge in [0.2, 0.25) is 5.91 Å². The van der Waals surface area contributed by atoms with Crippen molar-refractivity contribution in [3.63, 3.8) is 0 Å². The van der Waals surface area contributed by atoms with Crippen LogP contribution in [0, 0.1) is 0 Å². The number of fused-ring (bicyclic) bond motifs is 5. The lowest BCUT2D eigenvalue weighted by molar-refractivity contribution is -0.166. The molecule has 0 saturated carbocycles. The molecule has 2 unspecified atom stereocenters. The van der Waals surface area contributed by atoms with Crippen molar-refractivity contribution in [3.05, 3.63) is 59.3 Å². The summed E-state index contributed by atoms with van der Waals surface area (Å²) >= 11 is 0. The summed E-state index contributed by atoms with van der Waals surface area (Å²) in [5.74, 6) is 1.05. The van der Waals surface area contributed by atoms with Gasteiger partial charge in [0, 0.05) is 35.5 Å². The van der Waals surface area contributed by atoms with Crippen molar-refractivity contribution < 1.29 is 19.1 Å². The molecule has 1 aromatic heterocycles. The second-order valence-electron chi connectivity index (χ2n) is 9.25. The summed E-state index contributed by atoms with van der Waals surface area (Å²) in [5, 5.41) is 1.05. The fraction of sp³-hybridized carbons (Fsp3) is 0.407. The number of aromatic amines is 1. The number of hydrogen-bond acceptors (Lipinski definition) is 4. The molecule has 2 aromatic carbocycles. The number of nitrogens with zero attached hydrogens (tertiary/aromatic N) is 2. The molecular weight excluding hydrogens is 430 g/mol. The molecule has 0 aliphatic carbocycles. The second kappa shape index (κ2) is 8.38. The number of carbonyl (C=O) groups is 2. The van der Waals surface area contributed by atoms with Crippen LogP contribution in [-0.4, -0.2) is 60.5 Å². The standard InChI is InChI=1S/C27H31N3O4/c1-5-6-14-29-16-22(31)30-15-19(17-11-9-13-21(33-3)24(17)34-4)23-18-10-7-8-12-20(18)28-25(23)27(30,2)26(29)32/h7-13,19,28H,5-6,14-16H2,1-4H3. The van der Waals surface area contributed by atoms with E-state index in [9.17, 15) is 9.59 Å². The largest absolute Gasteiger partial charge is 0.493 e. The second-order valence-corrected chi connectivity index (χ2v) is 9.25. The molecule has 2 aliphatic rings. The Balaban J connectivity index is 1.75. The normalized spacial score (nSPS) is 22.1. The van der Waals surface area contributed by atoms with Crippen LogP contribution in [0.15, 0.2) is 42.5 Å². The maximum absolute atomic E-state index is 13.9. The molecule has 3 aromatic rings. The summed E-state index contributed by atoms with van der Waals surface area (Å²) in [5.41, 5.74) is 2.63. The predicted molar refractivity (Wildman–Crippen MR) is 130 cm³/mol. The molecule has 5 rings (SSSR count). The van der Waals surface area contributed by atoms with Crippen molar-refractivity contribution in [2.75, 3.05) is 33.9 Å². The SMILES string of the molecule is CCCCN1CC(=O)N2CC(c3cccc(OC)c3OC)c3c([nH]c4ccccc34)C2(C)C1=O. The fourth-order valence-corrected chi connectivity index (χ4v) is 5.67.